The van der Waals surface area contributed by atoms with Crippen molar-refractivity contribution in [1.29, 1.82) is 0 Å². The smallest absolute Gasteiger partial charge is 0.254 e. The van der Waals surface area contributed by atoms with Gasteiger partial charge in [-0.25, -0.2) is 4.68 Å². The lowest BCUT2D eigenvalue weighted by molar-refractivity contribution is 0.0728. The van der Waals surface area contributed by atoms with E-state index in [0.29, 0.717) is 24.1 Å². The first kappa shape index (κ1) is 21.4. The standard InChI is InChI=1S/C27H29N3O3/c1-27(2)16-22-24(23(31)17-27)25(28-30(22)19-11-13-20(33-3)14-12-19)21-10-7-15-29(21)26(32)18-8-5-4-6-9-18/h4-6,8-9,11-14,21H,7,10,15-17H2,1-3H3/t21-/m0/s1. The summed E-state index contributed by atoms with van der Waals surface area (Å²) in [7, 11) is 1.64. The molecule has 0 spiro atoms. The molecular weight excluding hydrogens is 414 g/mol. The van der Waals surface area contributed by atoms with Gasteiger partial charge in [-0.05, 0) is 61.1 Å². The fraction of sp³-hybridized carbons (Fsp3) is 0.370. The minimum atomic E-state index is -0.198. The molecule has 6 nitrogen and oxygen atoms in total. The van der Waals surface area contributed by atoms with Crippen LogP contribution in [0.2, 0.25) is 0 Å². The summed E-state index contributed by atoms with van der Waals surface area (Å²) in [4.78, 5) is 28.6. The number of rotatable bonds is 4. The minimum Gasteiger partial charge on any atom is -0.497 e. The van der Waals surface area contributed by atoms with E-state index >= 15 is 0 Å². The van der Waals surface area contributed by atoms with Crippen LogP contribution in [0.25, 0.3) is 5.69 Å². The number of benzene rings is 2. The molecule has 0 radical (unpaired) electrons. The third-order valence-electron chi connectivity index (χ3n) is 6.74. The Balaban J connectivity index is 1.61. The Kier molecular flexibility index (Phi) is 5.31. The molecule has 6 heteroatoms. The van der Waals surface area contributed by atoms with E-state index in [9.17, 15) is 9.59 Å². The van der Waals surface area contributed by atoms with Crippen molar-refractivity contribution < 1.29 is 14.3 Å². The molecule has 3 aromatic rings. The Hall–Kier alpha value is -3.41. The first-order chi connectivity index (χ1) is 15.9. The second-order valence-electron chi connectivity index (χ2n) is 9.78. The molecule has 1 fully saturated rings. The third kappa shape index (κ3) is 3.84. The van der Waals surface area contributed by atoms with E-state index in [0.717, 1.165) is 42.1 Å². The molecule has 0 saturated carbocycles. The van der Waals surface area contributed by atoms with Crippen LogP contribution in [0.4, 0.5) is 0 Å². The van der Waals surface area contributed by atoms with Crippen molar-refractivity contribution in [3.63, 3.8) is 0 Å². The van der Waals surface area contributed by atoms with Crippen LogP contribution in [0.5, 0.6) is 5.75 Å². The number of hydrogen-bond donors (Lipinski definition) is 0. The second-order valence-corrected chi connectivity index (χ2v) is 9.78. The molecule has 1 aliphatic carbocycles. The number of ether oxygens (including phenoxy) is 1. The topological polar surface area (TPSA) is 64.4 Å². The van der Waals surface area contributed by atoms with Crippen molar-refractivity contribution >= 4 is 11.7 Å². The Morgan fingerprint density at radius 3 is 2.48 bits per heavy atom. The van der Waals surface area contributed by atoms with E-state index in [1.807, 2.05) is 64.2 Å². The molecule has 0 unspecified atom stereocenters. The van der Waals surface area contributed by atoms with Crippen LogP contribution in [0.3, 0.4) is 0 Å². The van der Waals surface area contributed by atoms with Crippen molar-refractivity contribution in [1.82, 2.24) is 14.7 Å². The van der Waals surface area contributed by atoms with Gasteiger partial charge in [0, 0.05) is 18.5 Å². The summed E-state index contributed by atoms with van der Waals surface area (Å²) in [6, 6.07) is 16.9. The average molecular weight is 444 g/mol. The van der Waals surface area contributed by atoms with Gasteiger partial charge in [-0.2, -0.15) is 5.10 Å². The van der Waals surface area contributed by atoms with Gasteiger partial charge >= 0.3 is 0 Å². The number of aromatic nitrogens is 2. The normalized spacial score (nSPS) is 19.4. The summed E-state index contributed by atoms with van der Waals surface area (Å²) in [5.41, 5.74) is 3.81. The van der Waals surface area contributed by atoms with Gasteiger partial charge in [0.15, 0.2) is 5.78 Å². The van der Waals surface area contributed by atoms with E-state index < -0.39 is 0 Å². The largest absolute Gasteiger partial charge is 0.497 e. The SMILES string of the molecule is COc1ccc(-n2nc([C@@H]3CCCN3C(=O)c3ccccc3)c3c2CC(C)(C)CC3=O)cc1. The van der Waals surface area contributed by atoms with Crippen LogP contribution in [-0.2, 0) is 6.42 Å². The first-order valence-corrected chi connectivity index (χ1v) is 11.5. The maximum Gasteiger partial charge on any atom is 0.254 e. The zero-order valence-electron chi connectivity index (χ0n) is 19.4. The van der Waals surface area contributed by atoms with E-state index in [1.165, 1.54) is 0 Å². The highest BCUT2D eigenvalue weighted by atomic mass is 16.5. The van der Waals surface area contributed by atoms with Crippen LogP contribution in [0.1, 0.15) is 71.3 Å². The highest BCUT2D eigenvalue weighted by molar-refractivity contribution is 6.00. The number of hydrogen-bond acceptors (Lipinski definition) is 4. The minimum absolute atomic E-state index is 0.00515. The van der Waals surface area contributed by atoms with Gasteiger partial charge in [0.1, 0.15) is 5.75 Å². The number of nitrogens with zero attached hydrogens (tertiary/aromatic N) is 3. The molecular formula is C27H29N3O3. The molecule has 1 atom stereocenters. The number of methoxy groups -OCH3 is 1. The van der Waals surface area contributed by atoms with E-state index in [2.05, 4.69) is 13.8 Å². The second kappa shape index (κ2) is 8.18. The monoisotopic (exact) mass is 443 g/mol. The maximum absolute atomic E-state index is 13.4. The first-order valence-electron chi connectivity index (χ1n) is 11.5. The van der Waals surface area contributed by atoms with Crippen molar-refractivity contribution in [3.8, 4) is 11.4 Å². The van der Waals surface area contributed by atoms with Crippen molar-refractivity contribution in [2.24, 2.45) is 5.41 Å². The molecule has 0 bridgehead atoms. The zero-order valence-corrected chi connectivity index (χ0v) is 19.4. The van der Waals surface area contributed by atoms with Gasteiger partial charge in [-0.3, -0.25) is 9.59 Å². The number of Topliss-reactive ketones (excluding diaryl/α,β-unsaturated/α-hetero) is 1. The molecule has 1 amide bonds. The Bertz CT molecular complexity index is 1200. The number of likely N-dealkylation sites (tertiary alicyclic amines) is 1. The summed E-state index contributed by atoms with van der Waals surface area (Å²) in [5, 5.41) is 5.00. The van der Waals surface area contributed by atoms with Crippen molar-refractivity contribution in [2.75, 3.05) is 13.7 Å². The van der Waals surface area contributed by atoms with Crippen LogP contribution in [0, 0.1) is 5.41 Å². The fourth-order valence-electron chi connectivity index (χ4n) is 5.19. The number of fused-ring (bicyclic) bond motifs is 1. The lowest BCUT2D eigenvalue weighted by atomic mass is 9.75. The molecule has 33 heavy (non-hydrogen) atoms. The highest BCUT2D eigenvalue weighted by Gasteiger charge is 2.41. The molecule has 1 saturated heterocycles. The van der Waals surface area contributed by atoms with Gasteiger partial charge in [-0.15, -0.1) is 0 Å². The van der Waals surface area contributed by atoms with Gasteiger partial charge < -0.3 is 9.64 Å². The van der Waals surface area contributed by atoms with Gasteiger partial charge in [-0.1, -0.05) is 32.0 Å². The molecule has 2 heterocycles. The van der Waals surface area contributed by atoms with E-state index in [4.69, 9.17) is 9.84 Å². The number of carbonyl (C=O) groups is 2. The summed E-state index contributed by atoms with van der Waals surface area (Å²) in [6.07, 6.45) is 2.95. The summed E-state index contributed by atoms with van der Waals surface area (Å²) in [6.45, 7) is 4.92. The van der Waals surface area contributed by atoms with E-state index in [1.54, 1.807) is 7.11 Å². The molecule has 2 aliphatic rings. The molecule has 0 N–H and O–H groups in total. The van der Waals surface area contributed by atoms with Crippen LogP contribution >= 0.6 is 0 Å². The van der Waals surface area contributed by atoms with Gasteiger partial charge in [0.2, 0.25) is 0 Å². The van der Waals surface area contributed by atoms with Crippen molar-refractivity contribution in [3.05, 3.63) is 77.1 Å². The van der Waals surface area contributed by atoms with Gasteiger partial charge in [0.05, 0.1) is 35.8 Å². The Labute approximate surface area is 194 Å². The molecule has 5 rings (SSSR count). The number of ketones is 1. The molecule has 1 aromatic heterocycles. The highest BCUT2D eigenvalue weighted by Crippen LogP contribution is 2.42. The Morgan fingerprint density at radius 2 is 1.79 bits per heavy atom. The summed E-state index contributed by atoms with van der Waals surface area (Å²) in [5.74, 6) is 0.885. The molecule has 170 valence electrons. The van der Waals surface area contributed by atoms with Gasteiger partial charge in [0.25, 0.3) is 5.91 Å². The number of carbonyl (C=O) groups excluding carboxylic acids is 2. The van der Waals surface area contributed by atoms with E-state index in [-0.39, 0.29) is 23.1 Å². The third-order valence-corrected chi connectivity index (χ3v) is 6.74. The predicted molar refractivity (Wildman–Crippen MR) is 126 cm³/mol. The summed E-state index contributed by atoms with van der Waals surface area (Å²) < 4.78 is 7.22. The molecule has 1 aliphatic heterocycles. The Morgan fingerprint density at radius 1 is 1.06 bits per heavy atom. The predicted octanol–water partition coefficient (Wildman–Crippen LogP) is 5.01. The fourth-order valence-corrected chi connectivity index (χ4v) is 5.19. The van der Waals surface area contributed by atoms with Crippen LogP contribution < -0.4 is 4.74 Å². The van der Waals surface area contributed by atoms with Crippen LogP contribution in [0.15, 0.2) is 54.6 Å². The summed E-state index contributed by atoms with van der Waals surface area (Å²) >= 11 is 0. The lowest BCUT2D eigenvalue weighted by Crippen LogP contribution is -2.32. The lowest BCUT2D eigenvalue weighted by Gasteiger charge is -2.30. The zero-order chi connectivity index (χ0) is 23.2. The average Bonchev–Trinajstić information content (AvgIpc) is 3.43. The van der Waals surface area contributed by atoms with Crippen LogP contribution in [-0.4, -0.2) is 40.0 Å². The van der Waals surface area contributed by atoms with Crippen molar-refractivity contribution in [2.45, 2.75) is 45.6 Å². The molecule has 2 aromatic carbocycles. The number of amides is 1. The quantitative estimate of drug-likeness (QED) is 0.568. The maximum atomic E-state index is 13.4.